The van der Waals surface area contributed by atoms with Crippen LogP contribution in [0.4, 0.5) is 0 Å². The second kappa shape index (κ2) is 6.29. The highest BCUT2D eigenvalue weighted by Crippen LogP contribution is 2.36. The topological polar surface area (TPSA) is 55.2 Å². The molecule has 0 spiro atoms. The molecular formula is C18H16ClN3O2S. The van der Waals surface area contributed by atoms with Crippen molar-refractivity contribution < 1.29 is 8.42 Å². The Morgan fingerprint density at radius 3 is 2.56 bits per heavy atom. The highest BCUT2D eigenvalue weighted by molar-refractivity contribution is 7.89. The summed E-state index contributed by atoms with van der Waals surface area (Å²) in [4.78, 5) is 4.41. The van der Waals surface area contributed by atoms with E-state index in [9.17, 15) is 8.42 Å². The van der Waals surface area contributed by atoms with Crippen molar-refractivity contribution in [1.29, 1.82) is 0 Å². The highest BCUT2D eigenvalue weighted by Gasteiger charge is 2.37. The van der Waals surface area contributed by atoms with Crippen LogP contribution in [0, 0.1) is 0 Å². The van der Waals surface area contributed by atoms with Gasteiger partial charge in [-0.15, -0.1) is 0 Å². The zero-order valence-corrected chi connectivity index (χ0v) is 14.9. The smallest absolute Gasteiger partial charge is 0.244 e. The van der Waals surface area contributed by atoms with Crippen molar-refractivity contribution in [1.82, 2.24) is 13.9 Å². The van der Waals surface area contributed by atoms with Crippen LogP contribution in [0.2, 0.25) is 5.02 Å². The Labute approximate surface area is 151 Å². The van der Waals surface area contributed by atoms with Crippen LogP contribution >= 0.6 is 11.6 Å². The fourth-order valence-electron chi connectivity index (χ4n) is 3.24. The largest absolute Gasteiger partial charge is 0.348 e. The Morgan fingerprint density at radius 1 is 1.04 bits per heavy atom. The summed E-state index contributed by atoms with van der Waals surface area (Å²) in [7, 11) is -3.66. The zero-order valence-electron chi connectivity index (χ0n) is 13.3. The molecule has 5 nitrogen and oxygen atoms in total. The molecule has 3 aromatic rings. The van der Waals surface area contributed by atoms with E-state index in [2.05, 4.69) is 9.55 Å². The van der Waals surface area contributed by atoms with Crippen LogP contribution in [0.25, 0.3) is 0 Å². The lowest BCUT2D eigenvalue weighted by Crippen LogP contribution is -2.42. The summed E-state index contributed by atoms with van der Waals surface area (Å²) in [6, 6.07) is 13.5. The van der Waals surface area contributed by atoms with E-state index in [1.165, 1.54) is 0 Å². The van der Waals surface area contributed by atoms with Crippen molar-refractivity contribution in [3.63, 3.8) is 0 Å². The third-order valence-corrected chi connectivity index (χ3v) is 6.55. The average Bonchev–Trinajstić information content (AvgIpc) is 3.10. The van der Waals surface area contributed by atoms with Gasteiger partial charge in [-0.3, -0.25) is 4.98 Å². The van der Waals surface area contributed by atoms with Crippen LogP contribution in [0.1, 0.15) is 17.3 Å². The van der Waals surface area contributed by atoms with Gasteiger partial charge in [-0.2, -0.15) is 4.31 Å². The summed E-state index contributed by atoms with van der Waals surface area (Å²) >= 11 is 5.90. The maximum absolute atomic E-state index is 13.3. The van der Waals surface area contributed by atoms with Crippen LogP contribution in [-0.2, 0) is 16.6 Å². The number of rotatable bonds is 3. The third kappa shape index (κ3) is 2.86. The second-order valence-corrected chi connectivity index (χ2v) is 8.21. The molecule has 0 radical (unpaired) electrons. The number of nitrogens with zero attached hydrogens (tertiary/aromatic N) is 3. The molecule has 0 fully saturated rings. The molecule has 7 heteroatoms. The molecule has 0 saturated carbocycles. The zero-order chi connectivity index (χ0) is 17.4. The molecule has 0 saturated heterocycles. The summed E-state index contributed by atoms with van der Waals surface area (Å²) in [6.07, 6.45) is 5.38. The van der Waals surface area contributed by atoms with Gasteiger partial charge in [0, 0.05) is 42.4 Å². The molecule has 2 aromatic heterocycles. The van der Waals surface area contributed by atoms with Gasteiger partial charge in [-0.05, 0) is 48.0 Å². The fourth-order valence-corrected chi connectivity index (χ4v) is 4.94. The maximum Gasteiger partial charge on any atom is 0.244 e. The van der Waals surface area contributed by atoms with Gasteiger partial charge in [-0.1, -0.05) is 17.7 Å². The second-order valence-electron chi connectivity index (χ2n) is 5.89. The van der Waals surface area contributed by atoms with Crippen molar-refractivity contribution in [3.05, 3.63) is 83.4 Å². The first kappa shape index (κ1) is 16.3. The number of sulfonamides is 1. The molecule has 1 unspecified atom stereocenters. The molecule has 128 valence electrons. The monoisotopic (exact) mass is 373 g/mol. The molecule has 0 bridgehead atoms. The quantitative estimate of drug-likeness (QED) is 0.707. The molecule has 4 rings (SSSR count). The summed E-state index contributed by atoms with van der Waals surface area (Å²) in [6.45, 7) is 1.01. The number of aromatic nitrogens is 2. The highest BCUT2D eigenvalue weighted by atomic mass is 35.5. The molecule has 0 N–H and O–H groups in total. The van der Waals surface area contributed by atoms with Gasteiger partial charge >= 0.3 is 0 Å². The van der Waals surface area contributed by atoms with Gasteiger partial charge in [0.1, 0.15) is 0 Å². The first-order valence-electron chi connectivity index (χ1n) is 7.90. The van der Waals surface area contributed by atoms with E-state index in [1.807, 2.05) is 30.5 Å². The molecule has 1 aliphatic heterocycles. The van der Waals surface area contributed by atoms with E-state index in [0.717, 1.165) is 11.3 Å². The van der Waals surface area contributed by atoms with E-state index in [0.29, 0.717) is 18.1 Å². The number of pyridine rings is 1. The maximum atomic E-state index is 13.3. The minimum Gasteiger partial charge on any atom is -0.348 e. The van der Waals surface area contributed by atoms with Crippen molar-refractivity contribution in [3.8, 4) is 0 Å². The minimum atomic E-state index is -3.66. The molecule has 1 aliphatic rings. The predicted octanol–water partition coefficient (Wildman–Crippen LogP) is 3.33. The first-order valence-corrected chi connectivity index (χ1v) is 9.71. The molecule has 0 aliphatic carbocycles. The number of fused-ring (bicyclic) bond motifs is 1. The lowest BCUT2D eigenvalue weighted by atomic mass is 10.0. The SMILES string of the molecule is O=S(=O)(c1ccc(Cl)cc1)N1CCn2cccc2C1c1cccnc1. The van der Waals surface area contributed by atoms with E-state index >= 15 is 0 Å². The third-order valence-electron chi connectivity index (χ3n) is 4.41. The standard InChI is InChI=1S/C18H16ClN3O2S/c19-15-5-7-16(8-6-15)25(23,24)22-12-11-21-10-2-4-17(21)18(22)14-3-1-9-20-13-14/h1-10,13,18H,11-12H2. The van der Waals surface area contributed by atoms with Crippen LogP contribution in [0.15, 0.2) is 72.0 Å². The van der Waals surface area contributed by atoms with Gasteiger partial charge in [0.05, 0.1) is 10.9 Å². The van der Waals surface area contributed by atoms with E-state index < -0.39 is 16.1 Å². The molecule has 1 aromatic carbocycles. The van der Waals surface area contributed by atoms with Crippen LogP contribution in [0.5, 0.6) is 0 Å². The molecule has 25 heavy (non-hydrogen) atoms. The number of hydrogen-bond donors (Lipinski definition) is 0. The molecule has 0 amide bonds. The number of hydrogen-bond acceptors (Lipinski definition) is 3. The van der Waals surface area contributed by atoms with Crippen LogP contribution < -0.4 is 0 Å². The lowest BCUT2D eigenvalue weighted by Gasteiger charge is -2.36. The van der Waals surface area contributed by atoms with E-state index in [4.69, 9.17) is 11.6 Å². The predicted molar refractivity (Wildman–Crippen MR) is 95.9 cm³/mol. The summed E-state index contributed by atoms with van der Waals surface area (Å²) in [5, 5.41) is 0.510. The normalized spacial score (nSPS) is 18.0. The Hall–Kier alpha value is -2.15. The van der Waals surface area contributed by atoms with Crippen molar-refractivity contribution in [2.45, 2.75) is 17.5 Å². The number of halogens is 1. The Morgan fingerprint density at radius 2 is 1.84 bits per heavy atom. The lowest BCUT2D eigenvalue weighted by molar-refractivity contribution is 0.298. The molecular weight excluding hydrogens is 358 g/mol. The van der Waals surface area contributed by atoms with Crippen molar-refractivity contribution in [2.75, 3.05) is 6.54 Å². The first-order chi connectivity index (χ1) is 12.1. The molecule has 1 atom stereocenters. The summed E-state index contributed by atoms with van der Waals surface area (Å²) in [5.41, 5.74) is 1.79. The Balaban J connectivity index is 1.84. The molecule has 3 heterocycles. The fraction of sp³-hybridized carbons (Fsp3) is 0.167. The number of benzene rings is 1. The van der Waals surface area contributed by atoms with Gasteiger partial charge in [-0.25, -0.2) is 8.42 Å². The Kier molecular flexibility index (Phi) is 4.11. The van der Waals surface area contributed by atoms with E-state index in [-0.39, 0.29) is 4.90 Å². The van der Waals surface area contributed by atoms with Gasteiger partial charge in [0.15, 0.2) is 0 Å². The van der Waals surface area contributed by atoms with Crippen LogP contribution in [0.3, 0.4) is 0 Å². The van der Waals surface area contributed by atoms with E-state index in [1.54, 1.807) is 41.0 Å². The Bertz CT molecular complexity index is 985. The summed E-state index contributed by atoms with van der Waals surface area (Å²) < 4.78 is 30.2. The van der Waals surface area contributed by atoms with Crippen molar-refractivity contribution >= 4 is 21.6 Å². The summed E-state index contributed by atoms with van der Waals surface area (Å²) in [5.74, 6) is 0. The van der Waals surface area contributed by atoms with Gasteiger partial charge in [0.2, 0.25) is 10.0 Å². The van der Waals surface area contributed by atoms with Crippen LogP contribution in [-0.4, -0.2) is 28.8 Å². The van der Waals surface area contributed by atoms with Gasteiger partial charge in [0.25, 0.3) is 0 Å². The average molecular weight is 374 g/mol. The minimum absolute atomic E-state index is 0.241. The van der Waals surface area contributed by atoms with Crippen molar-refractivity contribution in [2.24, 2.45) is 0 Å². The van der Waals surface area contributed by atoms with Gasteiger partial charge < -0.3 is 4.57 Å².